The number of rotatable bonds is 4. The first-order valence-electron chi connectivity index (χ1n) is 6.76. The fraction of sp³-hybridized carbons (Fsp3) is 0.533. The van der Waals surface area contributed by atoms with E-state index in [2.05, 4.69) is 4.99 Å². The molecule has 1 unspecified atom stereocenters. The van der Waals surface area contributed by atoms with E-state index in [1.807, 2.05) is 24.3 Å². The highest BCUT2D eigenvalue weighted by molar-refractivity contribution is 5.41. The molecular formula is C15H17NO3. The van der Waals surface area contributed by atoms with Gasteiger partial charge in [-0.25, -0.2) is 4.79 Å². The molecule has 0 radical (unpaired) electrons. The molecule has 2 aliphatic rings. The molecule has 0 spiro atoms. The van der Waals surface area contributed by atoms with Crippen molar-refractivity contribution >= 4 is 6.08 Å². The third-order valence-corrected chi connectivity index (χ3v) is 4.00. The summed E-state index contributed by atoms with van der Waals surface area (Å²) in [4.78, 5) is 14.6. The zero-order valence-electron chi connectivity index (χ0n) is 10.8. The highest BCUT2D eigenvalue weighted by Gasteiger charge is 2.39. The molecule has 19 heavy (non-hydrogen) atoms. The third-order valence-electron chi connectivity index (χ3n) is 4.00. The van der Waals surface area contributed by atoms with E-state index < -0.39 is 0 Å². The van der Waals surface area contributed by atoms with Crippen LogP contribution >= 0.6 is 0 Å². The number of benzene rings is 1. The molecule has 0 N–H and O–H groups in total. The summed E-state index contributed by atoms with van der Waals surface area (Å²) in [7, 11) is 0. The molecule has 0 bridgehead atoms. The Labute approximate surface area is 112 Å². The Morgan fingerprint density at radius 2 is 2.32 bits per heavy atom. The minimum absolute atomic E-state index is 0.141. The van der Waals surface area contributed by atoms with Crippen molar-refractivity contribution in [1.29, 1.82) is 0 Å². The van der Waals surface area contributed by atoms with Crippen LogP contribution in [0.25, 0.3) is 0 Å². The Hall–Kier alpha value is -1.64. The molecule has 3 rings (SSSR count). The van der Waals surface area contributed by atoms with E-state index in [-0.39, 0.29) is 11.6 Å². The van der Waals surface area contributed by atoms with Crippen LogP contribution in [0.2, 0.25) is 0 Å². The molecule has 1 aromatic rings. The Balaban J connectivity index is 1.80. The average Bonchev–Trinajstić information content (AvgIpc) is 2.87. The van der Waals surface area contributed by atoms with Crippen LogP contribution in [-0.2, 0) is 15.1 Å². The molecule has 1 heterocycles. The normalized spacial score (nSPS) is 24.3. The van der Waals surface area contributed by atoms with E-state index in [9.17, 15) is 4.79 Å². The zero-order chi connectivity index (χ0) is 13.1. The first kappa shape index (κ1) is 12.4. The first-order chi connectivity index (χ1) is 9.32. The number of ether oxygens (including phenoxy) is 2. The molecule has 1 atom stereocenters. The van der Waals surface area contributed by atoms with Crippen molar-refractivity contribution in [2.75, 3.05) is 13.2 Å². The maximum atomic E-state index is 10.6. The van der Waals surface area contributed by atoms with E-state index in [0.717, 1.165) is 43.6 Å². The Morgan fingerprint density at radius 3 is 2.95 bits per heavy atom. The number of nitrogens with zero attached hydrogens (tertiary/aromatic N) is 1. The zero-order valence-corrected chi connectivity index (χ0v) is 10.8. The summed E-state index contributed by atoms with van der Waals surface area (Å²) >= 11 is 0. The minimum Gasteiger partial charge on any atom is -0.488 e. The summed E-state index contributed by atoms with van der Waals surface area (Å²) in [6.07, 6.45) is 5.72. The second kappa shape index (κ2) is 5.16. The van der Waals surface area contributed by atoms with Crippen LogP contribution < -0.4 is 4.74 Å². The molecule has 1 aliphatic carbocycles. The van der Waals surface area contributed by atoms with Gasteiger partial charge in [0.05, 0.1) is 18.8 Å². The monoisotopic (exact) mass is 259 g/mol. The van der Waals surface area contributed by atoms with Crippen LogP contribution in [0.15, 0.2) is 29.3 Å². The van der Waals surface area contributed by atoms with Crippen molar-refractivity contribution in [2.45, 2.75) is 37.3 Å². The molecule has 100 valence electrons. The van der Waals surface area contributed by atoms with Gasteiger partial charge < -0.3 is 9.47 Å². The molecule has 1 aromatic carbocycles. The lowest BCUT2D eigenvalue weighted by atomic mass is 9.72. The predicted molar refractivity (Wildman–Crippen MR) is 69.9 cm³/mol. The summed E-state index contributed by atoms with van der Waals surface area (Å²) in [6, 6.07) is 7.91. The molecule has 1 saturated heterocycles. The van der Waals surface area contributed by atoms with E-state index in [1.165, 1.54) is 0 Å². The fourth-order valence-electron chi connectivity index (χ4n) is 2.72. The maximum Gasteiger partial charge on any atom is 0.235 e. The van der Waals surface area contributed by atoms with E-state index in [4.69, 9.17) is 9.47 Å². The van der Waals surface area contributed by atoms with Crippen molar-refractivity contribution in [3.63, 3.8) is 0 Å². The number of aliphatic imine (C=N–C) groups is 1. The second-order valence-electron chi connectivity index (χ2n) is 5.22. The second-order valence-corrected chi connectivity index (χ2v) is 5.22. The van der Waals surface area contributed by atoms with Crippen LogP contribution in [0.3, 0.4) is 0 Å². The molecule has 1 saturated carbocycles. The molecule has 1 aliphatic heterocycles. The quantitative estimate of drug-likeness (QED) is 0.616. The van der Waals surface area contributed by atoms with Crippen LogP contribution in [0.1, 0.15) is 31.2 Å². The molecule has 2 fully saturated rings. The Morgan fingerprint density at radius 1 is 1.42 bits per heavy atom. The molecule has 4 nitrogen and oxygen atoms in total. The van der Waals surface area contributed by atoms with Crippen molar-refractivity contribution in [3.8, 4) is 5.75 Å². The van der Waals surface area contributed by atoms with E-state index >= 15 is 0 Å². The summed E-state index contributed by atoms with van der Waals surface area (Å²) in [5.74, 6) is 0.834. The van der Waals surface area contributed by atoms with Gasteiger partial charge in [-0.05, 0) is 37.0 Å². The lowest BCUT2D eigenvalue weighted by Crippen LogP contribution is -2.31. The van der Waals surface area contributed by atoms with Crippen molar-refractivity contribution in [1.82, 2.24) is 0 Å². The van der Waals surface area contributed by atoms with Gasteiger partial charge in [0.25, 0.3) is 0 Å². The van der Waals surface area contributed by atoms with E-state index in [1.54, 1.807) is 6.08 Å². The van der Waals surface area contributed by atoms with Crippen LogP contribution in [-0.4, -0.2) is 25.4 Å². The first-order valence-corrected chi connectivity index (χ1v) is 6.76. The van der Waals surface area contributed by atoms with Gasteiger partial charge in [-0.3, -0.25) is 0 Å². The maximum absolute atomic E-state index is 10.6. The smallest absolute Gasteiger partial charge is 0.235 e. The SMILES string of the molecule is O=C=NC1(c2cccc(OC3CCOC3)c2)CCC1. The van der Waals surface area contributed by atoms with Gasteiger partial charge in [-0.2, -0.15) is 4.99 Å². The van der Waals surface area contributed by atoms with Crippen molar-refractivity contribution in [2.24, 2.45) is 4.99 Å². The Bertz CT molecular complexity index is 498. The van der Waals surface area contributed by atoms with Crippen LogP contribution in [0, 0.1) is 0 Å². The van der Waals surface area contributed by atoms with Gasteiger partial charge in [-0.1, -0.05) is 12.1 Å². The largest absolute Gasteiger partial charge is 0.488 e. The number of isocyanates is 1. The average molecular weight is 259 g/mol. The van der Waals surface area contributed by atoms with Crippen molar-refractivity contribution < 1.29 is 14.3 Å². The Kier molecular flexibility index (Phi) is 3.36. The molecule has 0 amide bonds. The lowest BCUT2D eigenvalue weighted by Gasteiger charge is -2.37. The lowest BCUT2D eigenvalue weighted by molar-refractivity contribution is 0.141. The van der Waals surface area contributed by atoms with Gasteiger partial charge in [0, 0.05) is 6.42 Å². The number of hydrogen-bond donors (Lipinski definition) is 0. The summed E-state index contributed by atoms with van der Waals surface area (Å²) in [5, 5.41) is 0. The third kappa shape index (κ3) is 2.42. The summed E-state index contributed by atoms with van der Waals surface area (Å²) < 4.78 is 11.2. The standard InChI is InChI=1S/C15H17NO3/c17-11-16-15(6-2-7-15)12-3-1-4-13(9-12)19-14-5-8-18-10-14/h1,3-4,9,14H,2,5-8,10H2. The number of hydrogen-bond acceptors (Lipinski definition) is 4. The number of carbonyl (C=O) groups excluding carboxylic acids is 1. The summed E-state index contributed by atoms with van der Waals surface area (Å²) in [5.41, 5.74) is 0.700. The highest BCUT2D eigenvalue weighted by Crippen LogP contribution is 2.45. The topological polar surface area (TPSA) is 47.9 Å². The van der Waals surface area contributed by atoms with Crippen molar-refractivity contribution in [3.05, 3.63) is 29.8 Å². The molecule has 4 heteroatoms. The minimum atomic E-state index is -0.354. The van der Waals surface area contributed by atoms with Gasteiger partial charge in [0.1, 0.15) is 11.9 Å². The molecular weight excluding hydrogens is 242 g/mol. The predicted octanol–water partition coefficient (Wildman–Crippen LogP) is 2.57. The van der Waals surface area contributed by atoms with Gasteiger partial charge in [-0.15, -0.1) is 0 Å². The van der Waals surface area contributed by atoms with E-state index in [0.29, 0.717) is 6.61 Å². The van der Waals surface area contributed by atoms with Crippen LogP contribution in [0.5, 0.6) is 5.75 Å². The van der Waals surface area contributed by atoms with Crippen LogP contribution in [0.4, 0.5) is 0 Å². The highest BCUT2D eigenvalue weighted by atomic mass is 16.5. The van der Waals surface area contributed by atoms with Gasteiger partial charge in [0.2, 0.25) is 6.08 Å². The summed E-state index contributed by atoms with van der Waals surface area (Å²) in [6.45, 7) is 1.42. The van der Waals surface area contributed by atoms with Gasteiger partial charge in [0.15, 0.2) is 0 Å². The van der Waals surface area contributed by atoms with Gasteiger partial charge >= 0.3 is 0 Å². The molecule has 0 aromatic heterocycles. The fourth-order valence-corrected chi connectivity index (χ4v) is 2.72.